The molecule has 1 aromatic carbocycles. The first kappa shape index (κ1) is 16.0. The summed E-state index contributed by atoms with van der Waals surface area (Å²) in [4.78, 5) is 24.7. The van der Waals surface area contributed by atoms with Gasteiger partial charge in [-0.15, -0.1) is 0 Å². The predicted molar refractivity (Wildman–Crippen MR) is 76.1 cm³/mol. The van der Waals surface area contributed by atoms with Crippen LogP contribution in [0.5, 0.6) is 0 Å². The first-order valence-corrected chi connectivity index (χ1v) is 6.35. The first-order chi connectivity index (χ1) is 9.45. The molecule has 0 heterocycles. The lowest BCUT2D eigenvalue weighted by atomic mass is 10.2. The van der Waals surface area contributed by atoms with Crippen molar-refractivity contribution in [2.24, 2.45) is 0 Å². The van der Waals surface area contributed by atoms with Crippen LogP contribution in [0.25, 0.3) is 0 Å². The lowest BCUT2D eigenvalue weighted by Gasteiger charge is -2.26. The van der Waals surface area contributed by atoms with Crippen molar-refractivity contribution in [1.82, 2.24) is 4.90 Å². The van der Waals surface area contributed by atoms with E-state index in [1.165, 1.54) is 12.1 Å². The molecule has 0 aliphatic rings. The van der Waals surface area contributed by atoms with E-state index in [1.807, 2.05) is 13.8 Å². The lowest BCUT2D eigenvalue weighted by Crippen LogP contribution is -2.42. The number of carbonyl (C=O) groups is 2. The van der Waals surface area contributed by atoms with E-state index in [9.17, 15) is 9.59 Å². The number of carbonyl (C=O) groups excluding carboxylic acids is 1. The van der Waals surface area contributed by atoms with Crippen LogP contribution in [0.15, 0.2) is 24.3 Å². The number of aromatic carboxylic acids is 1. The van der Waals surface area contributed by atoms with E-state index in [2.05, 4.69) is 5.32 Å². The van der Waals surface area contributed by atoms with Crippen LogP contribution in [-0.4, -0.2) is 48.3 Å². The number of anilines is 1. The summed E-state index contributed by atoms with van der Waals surface area (Å²) in [5.41, 5.74) is 0.591. The summed E-state index contributed by atoms with van der Waals surface area (Å²) >= 11 is 0. The number of carboxylic acids is 1. The predicted octanol–water partition coefficient (Wildman–Crippen LogP) is 2.27. The minimum Gasteiger partial charge on any atom is -0.478 e. The molecule has 0 radical (unpaired) electrons. The number of hydrogen-bond donors (Lipinski definition) is 2. The van der Waals surface area contributed by atoms with Gasteiger partial charge in [0.2, 0.25) is 0 Å². The molecule has 2 amide bonds. The molecular formula is C14H20N2O4. The van der Waals surface area contributed by atoms with Gasteiger partial charge >= 0.3 is 12.0 Å². The summed E-state index contributed by atoms with van der Waals surface area (Å²) in [6.07, 6.45) is 0. The van der Waals surface area contributed by atoms with Gasteiger partial charge in [-0.25, -0.2) is 9.59 Å². The van der Waals surface area contributed by atoms with Crippen LogP contribution in [-0.2, 0) is 4.74 Å². The third-order valence-electron chi connectivity index (χ3n) is 2.78. The maximum atomic E-state index is 12.2. The van der Waals surface area contributed by atoms with Crippen molar-refractivity contribution in [3.05, 3.63) is 29.8 Å². The van der Waals surface area contributed by atoms with Crippen LogP contribution in [0.3, 0.4) is 0 Å². The Morgan fingerprint density at radius 2 is 2.10 bits per heavy atom. The summed E-state index contributed by atoms with van der Waals surface area (Å²) in [5.74, 6) is -1.03. The SMILES string of the molecule is COCCN(C(=O)Nc1cccc(C(=O)O)c1)C(C)C. The van der Waals surface area contributed by atoms with E-state index in [0.717, 1.165) is 0 Å². The number of methoxy groups -OCH3 is 1. The Bertz CT molecular complexity index is 474. The molecule has 1 rings (SSSR count). The quantitative estimate of drug-likeness (QED) is 0.837. The van der Waals surface area contributed by atoms with Gasteiger partial charge < -0.3 is 20.1 Å². The Morgan fingerprint density at radius 3 is 2.65 bits per heavy atom. The second-order valence-electron chi connectivity index (χ2n) is 4.60. The zero-order chi connectivity index (χ0) is 15.1. The van der Waals surface area contributed by atoms with E-state index in [1.54, 1.807) is 24.1 Å². The second kappa shape index (κ2) is 7.49. The molecular weight excluding hydrogens is 260 g/mol. The van der Waals surface area contributed by atoms with Gasteiger partial charge in [0.25, 0.3) is 0 Å². The Kier molecular flexibility index (Phi) is 5.99. The molecule has 6 nitrogen and oxygen atoms in total. The van der Waals surface area contributed by atoms with Crippen molar-refractivity contribution in [3.8, 4) is 0 Å². The van der Waals surface area contributed by atoms with Gasteiger partial charge in [0.15, 0.2) is 0 Å². The molecule has 110 valence electrons. The van der Waals surface area contributed by atoms with Crippen LogP contribution >= 0.6 is 0 Å². The summed E-state index contributed by atoms with van der Waals surface area (Å²) in [6.45, 7) is 4.73. The zero-order valence-electron chi connectivity index (χ0n) is 11.9. The fourth-order valence-electron chi connectivity index (χ4n) is 1.71. The number of rotatable bonds is 6. The Labute approximate surface area is 118 Å². The largest absolute Gasteiger partial charge is 0.478 e. The van der Waals surface area contributed by atoms with Crippen molar-refractivity contribution in [2.75, 3.05) is 25.6 Å². The highest BCUT2D eigenvalue weighted by Gasteiger charge is 2.17. The van der Waals surface area contributed by atoms with Gasteiger partial charge in [0, 0.05) is 25.4 Å². The minimum absolute atomic E-state index is 0.0211. The minimum atomic E-state index is -1.03. The van der Waals surface area contributed by atoms with Crippen LogP contribution in [0.4, 0.5) is 10.5 Å². The first-order valence-electron chi connectivity index (χ1n) is 6.35. The van der Waals surface area contributed by atoms with Crippen LogP contribution in [0, 0.1) is 0 Å². The van der Waals surface area contributed by atoms with E-state index < -0.39 is 5.97 Å². The molecule has 2 N–H and O–H groups in total. The standard InChI is InChI=1S/C14H20N2O4/c1-10(2)16(7-8-20-3)14(19)15-12-6-4-5-11(9-12)13(17)18/h4-6,9-10H,7-8H2,1-3H3,(H,15,19)(H,17,18). The highest BCUT2D eigenvalue weighted by atomic mass is 16.5. The number of nitrogens with one attached hydrogen (secondary N) is 1. The number of nitrogens with zero attached hydrogens (tertiary/aromatic N) is 1. The van der Waals surface area contributed by atoms with Gasteiger partial charge in [-0.1, -0.05) is 6.07 Å². The molecule has 20 heavy (non-hydrogen) atoms. The second-order valence-corrected chi connectivity index (χ2v) is 4.60. The monoisotopic (exact) mass is 280 g/mol. The van der Waals surface area contributed by atoms with Crippen LogP contribution in [0.1, 0.15) is 24.2 Å². The third-order valence-corrected chi connectivity index (χ3v) is 2.78. The number of carboxylic acid groups (broad SMARTS) is 1. The molecule has 0 spiro atoms. The van der Waals surface area contributed by atoms with E-state index in [-0.39, 0.29) is 17.6 Å². The van der Waals surface area contributed by atoms with Crippen molar-refractivity contribution in [3.63, 3.8) is 0 Å². The van der Waals surface area contributed by atoms with Crippen molar-refractivity contribution >= 4 is 17.7 Å². The molecule has 6 heteroatoms. The average molecular weight is 280 g/mol. The molecule has 1 aromatic rings. The Morgan fingerprint density at radius 1 is 1.40 bits per heavy atom. The number of amides is 2. The number of urea groups is 1. The smallest absolute Gasteiger partial charge is 0.335 e. The maximum Gasteiger partial charge on any atom is 0.335 e. The molecule has 0 aliphatic carbocycles. The van der Waals surface area contributed by atoms with Crippen molar-refractivity contribution in [2.45, 2.75) is 19.9 Å². The molecule has 0 bridgehead atoms. The van der Waals surface area contributed by atoms with Crippen LogP contribution < -0.4 is 5.32 Å². The molecule has 0 saturated heterocycles. The van der Waals surface area contributed by atoms with E-state index in [0.29, 0.717) is 18.8 Å². The molecule has 0 unspecified atom stereocenters. The highest BCUT2D eigenvalue weighted by molar-refractivity contribution is 5.93. The van der Waals surface area contributed by atoms with Crippen molar-refractivity contribution in [1.29, 1.82) is 0 Å². The normalized spacial score (nSPS) is 10.4. The van der Waals surface area contributed by atoms with Gasteiger partial charge in [0.05, 0.1) is 12.2 Å². The maximum absolute atomic E-state index is 12.2. The van der Waals surface area contributed by atoms with E-state index in [4.69, 9.17) is 9.84 Å². The zero-order valence-corrected chi connectivity index (χ0v) is 11.9. The van der Waals surface area contributed by atoms with Gasteiger partial charge in [-0.3, -0.25) is 0 Å². The molecule has 0 fully saturated rings. The molecule has 0 aliphatic heterocycles. The Hall–Kier alpha value is -2.08. The topological polar surface area (TPSA) is 78.9 Å². The molecule has 0 atom stereocenters. The Balaban J connectivity index is 2.77. The van der Waals surface area contributed by atoms with E-state index >= 15 is 0 Å². The number of hydrogen-bond acceptors (Lipinski definition) is 3. The summed E-state index contributed by atoms with van der Waals surface area (Å²) in [7, 11) is 1.58. The molecule has 0 saturated carbocycles. The van der Waals surface area contributed by atoms with Crippen molar-refractivity contribution < 1.29 is 19.4 Å². The number of ether oxygens (including phenoxy) is 1. The lowest BCUT2D eigenvalue weighted by molar-refractivity contribution is 0.0697. The summed E-state index contributed by atoms with van der Waals surface area (Å²) in [5, 5.41) is 11.6. The number of benzene rings is 1. The average Bonchev–Trinajstić information content (AvgIpc) is 2.39. The van der Waals surface area contributed by atoms with Gasteiger partial charge in [-0.2, -0.15) is 0 Å². The van der Waals surface area contributed by atoms with Gasteiger partial charge in [0.1, 0.15) is 0 Å². The molecule has 0 aromatic heterocycles. The summed E-state index contributed by atoms with van der Waals surface area (Å²) < 4.78 is 4.97. The third kappa shape index (κ3) is 4.55. The summed E-state index contributed by atoms with van der Waals surface area (Å²) in [6, 6.07) is 5.89. The van der Waals surface area contributed by atoms with Crippen LogP contribution in [0.2, 0.25) is 0 Å². The fraction of sp³-hybridized carbons (Fsp3) is 0.429. The fourth-order valence-corrected chi connectivity index (χ4v) is 1.71. The highest BCUT2D eigenvalue weighted by Crippen LogP contribution is 2.12. The van der Waals surface area contributed by atoms with Gasteiger partial charge in [-0.05, 0) is 32.0 Å².